The van der Waals surface area contributed by atoms with Gasteiger partial charge in [-0.3, -0.25) is 9.46 Å². The first kappa shape index (κ1) is 10.6. The predicted molar refractivity (Wildman–Crippen MR) is 61.6 cm³/mol. The van der Waals surface area contributed by atoms with Crippen LogP contribution in [0.2, 0.25) is 0 Å². The lowest BCUT2D eigenvalue weighted by atomic mass is 9.89. The van der Waals surface area contributed by atoms with Crippen LogP contribution in [0.5, 0.6) is 0 Å². The van der Waals surface area contributed by atoms with Gasteiger partial charge in [0.25, 0.3) is 0 Å². The third-order valence-corrected chi connectivity index (χ3v) is 3.31. The summed E-state index contributed by atoms with van der Waals surface area (Å²) >= 11 is 0. The highest BCUT2D eigenvalue weighted by Gasteiger charge is 2.36. The van der Waals surface area contributed by atoms with E-state index < -0.39 is 5.97 Å². The maximum absolute atomic E-state index is 11.1. The summed E-state index contributed by atoms with van der Waals surface area (Å²) in [4.78, 5) is 11.1. The van der Waals surface area contributed by atoms with E-state index in [1.54, 1.807) is 0 Å². The van der Waals surface area contributed by atoms with Gasteiger partial charge >= 0.3 is 5.97 Å². The minimum atomic E-state index is -0.700. The molecule has 0 aliphatic carbocycles. The molecule has 0 saturated carbocycles. The summed E-state index contributed by atoms with van der Waals surface area (Å²) in [6, 6.07) is 9.88. The summed E-state index contributed by atoms with van der Waals surface area (Å²) in [6.07, 6.45) is 0. The van der Waals surface area contributed by atoms with Crippen LogP contribution in [-0.4, -0.2) is 28.8 Å². The fourth-order valence-corrected chi connectivity index (χ4v) is 2.58. The minimum absolute atomic E-state index is 0.112. The quantitative estimate of drug-likeness (QED) is 0.774. The Labute approximate surface area is 91.4 Å². The van der Waals surface area contributed by atoms with Gasteiger partial charge in [-0.05, 0) is 5.56 Å². The summed E-state index contributed by atoms with van der Waals surface area (Å²) < 4.78 is 2.00. The Morgan fingerprint density at radius 1 is 1.33 bits per heavy atom. The van der Waals surface area contributed by atoms with Crippen molar-refractivity contribution in [1.82, 2.24) is 4.67 Å². The number of carbonyl (C=O) groups is 1. The molecule has 1 aliphatic rings. The van der Waals surface area contributed by atoms with Crippen molar-refractivity contribution < 1.29 is 9.90 Å². The van der Waals surface area contributed by atoms with Gasteiger partial charge in [-0.15, -0.1) is 0 Å². The molecule has 1 aromatic rings. The molecule has 0 spiro atoms. The molecule has 80 valence electrons. The second-order valence-corrected chi connectivity index (χ2v) is 4.65. The SMILES string of the molecule is O=C(O)C1CN(P)CC1c1ccccc1. The van der Waals surface area contributed by atoms with Crippen molar-refractivity contribution in [2.45, 2.75) is 5.92 Å². The number of benzene rings is 1. The molecule has 3 unspecified atom stereocenters. The van der Waals surface area contributed by atoms with Gasteiger partial charge in [0.2, 0.25) is 0 Å². The normalized spacial score (nSPS) is 26.7. The Hall–Kier alpha value is -0.920. The smallest absolute Gasteiger partial charge is 0.308 e. The van der Waals surface area contributed by atoms with E-state index >= 15 is 0 Å². The van der Waals surface area contributed by atoms with Gasteiger partial charge in [-0.25, -0.2) is 0 Å². The second-order valence-electron chi connectivity index (χ2n) is 3.92. The summed E-state index contributed by atoms with van der Waals surface area (Å²) in [6.45, 7) is 1.41. The Morgan fingerprint density at radius 2 is 2.00 bits per heavy atom. The zero-order valence-corrected chi connectivity index (χ0v) is 9.49. The van der Waals surface area contributed by atoms with Crippen LogP contribution in [0, 0.1) is 5.92 Å². The first-order valence-corrected chi connectivity index (χ1v) is 5.47. The molecule has 3 atom stereocenters. The molecule has 3 nitrogen and oxygen atoms in total. The molecule has 1 aromatic carbocycles. The molecule has 0 aromatic heterocycles. The molecule has 0 radical (unpaired) electrons. The average molecular weight is 223 g/mol. The lowest BCUT2D eigenvalue weighted by Gasteiger charge is -2.14. The molecule has 0 amide bonds. The first-order valence-electron chi connectivity index (χ1n) is 4.96. The Morgan fingerprint density at radius 3 is 2.60 bits per heavy atom. The van der Waals surface area contributed by atoms with Crippen LogP contribution >= 0.6 is 9.39 Å². The molecule has 1 fully saturated rings. The third-order valence-electron chi connectivity index (χ3n) is 2.89. The van der Waals surface area contributed by atoms with Crippen molar-refractivity contribution in [3.8, 4) is 0 Å². The Kier molecular flexibility index (Phi) is 3.03. The van der Waals surface area contributed by atoms with Crippen LogP contribution in [0.25, 0.3) is 0 Å². The van der Waals surface area contributed by atoms with Crippen LogP contribution in [0.15, 0.2) is 30.3 Å². The second kappa shape index (κ2) is 4.30. The predicted octanol–water partition coefficient (Wildman–Crippen LogP) is 1.58. The molecule has 1 heterocycles. The van der Waals surface area contributed by atoms with E-state index in [4.69, 9.17) is 5.11 Å². The van der Waals surface area contributed by atoms with Crippen LogP contribution in [-0.2, 0) is 4.79 Å². The summed E-state index contributed by atoms with van der Waals surface area (Å²) in [5.41, 5.74) is 1.12. The van der Waals surface area contributed by atoms with Gasteiger partial charge in [-0.2, -0.15) is 0 Å². The number of rotatable bonds is 2. The van der Waals surface area contributed by atoms with Gasteiger partial charge < -0.3 is 5.11 Å². The van der Waals surface area contributed by atoms with Gasteiger partial charge in [0.05, 0.1) is 5.92 Å². The van der Waals surface area contributed by atoms with Gasteiger partial charge in [-0.1, -0.05) is 39.7 Å². The standard InChI is InChI=1S/C11H14NO2P/c13-11(14)10-7-12(15)6-9(10)8-4-2-1-3-5-8/h1-5,9-10H,6-7,15H2,(H,13,14). The molecule has 1 saturated heterocycles. The molecule has 2 rings (SSSR count). The fraction of sp³-hybridized carbons (Fsp3) is 0.364. The van der Waals surface area contributed by atoms with Crippen LogP contribution in [0.4, 0.5) is 0 Å². The number of hydrogen-bond donors (Lipinski definition) is 1. The maximum Gasteiger partial charge on any atom is 0.308 e. The molecule has 1 N–H and O–H groups in total. The maximum atomic E-state index is 11.1. The highest BCUT2D eigenvalue weighted by molar-refractivity contribution is 7.13. The average Bonchev–Trinajstić information content (AvgIpc) is 2.62. The Balaban J connectivity index is 2.24. The number of carboxylic acid groups (broad SMARTS) is 1. The first-order chi connectivity index (χ1) is 7.18. The van der Waals surface area contributed by atoms with Gasteiger partial charge in [0.1, 0.15) is 0 Å². The van der Waals surface area contributed by atoms with E-state index in [1.165, 1.54) is 0 Å². The topological polar surface area (TPSA) is 40.5 Å². The van der Waals surface area contributed by atoms with Crippen molar-refractivity contribution in [2.75, 3.05) is 13.1 Å². The van der Waals surface area contributed by atoms with E-state index in [-0.39, 0.29) is 11.8 Å². The van der Waals surface area contributed by atoms with Gasteiger partial charge in [0, 0.05) is 19.0 Å². The van der Waals surface area contributed by atoms with E-state index in [2.05, 4.69) is 9.39 Å². The largest absolute Gasteiger partial charge is 0.481 e. The molecular weight excluding hydrogens is 209 g/mol. The van der Waals surface area contributed by atoms with E-state index in [0.29, 0.717) is 6.54 Å². The molecular formula is C11H14NO2P. The number of nitrogens with zero attached hydrogens (tertiary/aromatic N) is 1. The van der Waals surface area contributed by atoms with E-state index in [9.17, 15) is 4.79 Å². The van der Waals surface area contributed by atoms with Crippen LogP contribution in [0.3, 0.4) is 0 Å². The number of hydrogen-bond acceptors (Lipinski definition) is 2. The lowest BCUT2D eigenvalue weighted by Crippen LogP contribution is -2.20. The summed E-state index contributed by atoms with van der Waals surface area (Å²) in [7, 11) is 2.59. The van der Waals surface area contributed by atoms with Crippen molar-refractivity contribution in [1.29, 1.82) is 0 Å². The van der Waals surface area contributed by atoms with Crippen molar-refractivity contribution in [3.05, 3.63) is 35.9 Å². The highest BCUT2D eigenvalue weighted by atomic mass is 31.0. The monoisotopic (exact) mass is 223 g/mol. The number of carboxylic acids is 1. The van der Waals surface area contributed by atoms with Crippen LogP contribution in [0.1, 0.15) is 11.5 Å². The summed E-state index contributed by atoms with van der Waals surface area (Å²) in [5.74, 6) is -0.875. The van der Waals surface area contributed by atoms with Crippen molar-refractivity contribution in [2.24, 2.45) is 5.92 Å². The lowest BCUT2D eigenvalue weighted by molar-refractivity contribution is -0.141. The fourth-order valence-electron chi connectivity index (χ4n) is 2.12. The number of aliphatic carboxylic acids is 1. The minimum Gasteiger partial charge on any atom is -0.481 e. The van der Waals surface area contributed by atoms with E-state index in [0.717, 1.165) is 12.1 Å². The summed E-state index contributed by atoms with van der Waals surface area (Å²) in [5, 5.41) is 9.13. The van der Waals surface area contributed by atoms with Crippen molar-refractivity contribution >= 4 is 15.4 Å². The third kappa shape index (κ3) is 2.19. The molecule has 4 heteroatoms. The van der Waals surface area contributed by atoms with E-state index in [1.807, 2.05) is 35.0 Å². The molecule has 0 bridgehead atoms. The molecule has 15 heavy (non-hydrogen) atoms. The molecule has 1 aliphatic heterocycles. The zero-order chi connectivity index (χ0) is 10.8. The zero-order valence-electron chi connectivity index (χ0n) is 8.34. The van der Waals surface area contributed by atoms with Gasteiger partial charge in [0.15, 0.2) is 0 Å². The van der Waals surface area contributed by atoms with Crippen LogP contribution < -0.4 is 0 Å². The Bertz CT molecular complexity index is 355. The highest BCUT2D eigenvalue weighted by Crippen LogP contribution is 2.34. The van der Waals surface area contributed by atoms with Crippen molar-refractivity contribution in [3.63, 3.8) is 0 Å².